The Morgan fingerprint density at radius 2 is 2.21 bits per heavy atom. The second kappa shape index (κ2) is 4.68. The molecule has 7 heteroatoms. The van der Waals surface area contributed by atoms with Gasteiger partial charge < -0.3 is 9.26 Å². The second-order valence-electron chi connectivity index (χ2n) is 4.34. The number of aromatic nitrogens is 2. The fourth-order valence-electron chi connectivity index (χ4n) is 1.69. The maximum absolute atomic E-state index is 10.8. The first-order valence-corrected chi connectivity index (χ1v) is 5.93. The molecule has 0 bridgehead atoms. The quantitative estimate of drug-likeness (QED) is 0.606. The van der Waals surface area contributed by atoms with Gasteiger partial charge in [0.05, 0.1) is 4.92 Å². The van der Waals surface area contributed by atoms with Crippen LogP contribution in [0.15, 0.2) is 28.8 Å². The van der Waals surface area contributed by atoms with Crippen LogP contribution in [-0.4, -0.2) is 15.1 Å². The summed E-state index contributed by atoms with van der Waals surface area (Å²) in [4.78, 5) is 14.5. The van der Waals surface area contributed by atoms with Crippen molar-refractivity contribution >= 4 is 5.69 Å². The molecule has 2 aromatic rings. The highest BCUT2D eigenvalue weighted by Crippen LogP contribution is 2.38. The van der Waals surface area contributed by atoms with E-state index in [-0.39, 0.29) is 18.0 Å². The Hall–Kier alpha value is -2.44. The van der Waals surface area contributed by atoms with Crippen LogP contribution in [0.4, 0.5) is 5.69 Å². The maximum Gasteiger partial charge on any atom is 0.310 e. The fourth-order valence-corrected chi connectivity index (χ4v) is 1.69. The summed E-state index contributed by atoms with van der Waals surface area (Å²) in [5, 5.41) is 14.6. The highest BCUT2D eigenvalue weighted by atomic mass is 16.6. The minimum absolute atomic E-state index is 0.0566. The van der Waals surface area contributed by atoms with Gasteiger partial charge in [-0.1, -0.05) is 17.3 Å². The van der Waals surface area contributed by atoms with Crippen molar-refractivity contribution < 1.29 is 14.2 Å². The molecule has 3 rings (SSSR count). The third kappa shape index (κ3) is 2.54. The number of benzene rings is 1. The molecular weight excluding hydrogens is 250 g/mol. The third-order valence-corrected chi connectivity index (χ3v) is 2.83. The van der Waals surface area contributed by atoms with Gasteiger partial charge in [-0.15, -0.1) is 0 Å². The number of hydrogen-bond donors (Lipinski definition) is 0. The van der Waals surface area contributed by atoms with E-state index in [0.29, 0.717) is 17.6 Å². The molecule has 0 saturated heterocycles. The Morgan fingerprint density at radius 3 is 2.95 bits per heavy atom. The molecule has 0 spiro atoms. The molecule has 1 aromatic carbocycles. The molecule has 0 atom stereocenters. The summed E-state index contributed by atoms with van der Waals surface area (Å²) < 4.78 is 10.5. The summed E-state index contributed by atoms with van der Waals surface area (Å²) in [6.07, 6.45) is 2.15. The number of ether oxygens (including phenoxy) is 1. The summed E-state index contributed by atoms with van der Waals surface area (Å²) in [5.74, 6) is 1.61. The van der Waals surface area contributed by atoms with Gasteiger partial charge in [-0.25, -0.2) is 0 Å². The molecule has 0 amide bonds. The zero-order valence-corrected chi connectivity index (χ0v) is 9.98. The number of nitrogens with zero attached hydrogens (tertiary/aromatic N) is 3. The van der Waals surface area contributed by atoms with Crippen LogP contribution in [0.5, 0.6) is 5.75 Å². The van der Waals surface area contributed by atoms with E-state index >= 15 is 0 Å². The minimum atomic E-state index is -0.485. The molecular formula is C12H11N3O4. The monoisotopic (exact) mass is 261 g/mol. The van der Waals surface area contributed by atoms with Crippen molar-refractivity contribution in [3.8, 4) is 5.75 Å². The second-order valence-corrected chi connectivity index (χ2v) is 4.34. The van der Waals surface area contributed by atoms with Gasteiger partial charge in [0.1, 0.15) is 0 Å². The first kappa shape index (κ1) is 11.6. The molecule has 1 aliphatic rings. The Balaban J connectivity index is 1.69. The lowest BCUT2D eigenvalue weighted by Crippen LogP contribution is -2.00. The normalized spacial score (nSPS) is 14.3. The molecule has 1 heterocycles. The molecule has 1 aromatic heterocycles. The molecule has 0 aliphatic heterocycles. The number of nitro benzene ring substituents is 1. The summed E-state index contributed by atoms with van der Waals surface area (Å²) in [6, 6.07) is 6.19. The third-order valence-electron chi connectivity index (χ3n) is 2.83. The molecule has 7 nitrogen and oxygen atoms in total. The van der Waals surface area contributed by atoms with E-state index in [4.69, 9.17) is 9.26 Å². The lowest BCUT2D eigenvalue weighted by molar-refractivity contribution is -0.385. The Morgan fingerprint density at radius 1 is 1.42 bits per heavy atom. The minimum Gasteiger partial charge on any atom is -0.478 e. The lowest BCUT2D eigenvalue weighted by atomic mass is 10.3. The van der Waals surface area contributed by atoms with Crippen LogP contribution in [0.1, 0.15) is 30.5 Å². The largest absolute Gasteiger partial charge is 0.478 e. The summed E-state index contributed by atoms with van der Waals surface area (Å²) >= 11 is 0. The smallest absolute Gasteiger partial charge is 0.310 e. The average molecular weight is 261 g/mol. The van der Waals surface area contributed by atoms with Gasteiger partial charge in [-0.2, -0.15) is 4.98 Å². The fraction of sp³-hybridized carbons (Fsp3) is 0.333. The highest BCUT2D eigenvalue weighted by Gasteiger charge is 2.29. The van der Waals surface area contributed by atoms with Gasteiger partial charge in [0, 0.05) is 12.0 Å². The van der Waals surface area contributed by atoms with Crippen molar-refractivity contribution in [1.29, 1.82) is 0 Å². The van der Waals surface area contributed by atoms with Crippen molar-refractivity contribution in [2.75, 3.05) is 0 Å². The summed E-state index contributed by atoms with van der Waals surface area (Å²) in [5.41, 5.74) is -0.0755. The zero-order chi connectivity index (χ0) is 13.2. The lowest BCUT2D eigenvalue weighted by Gasteiger charge is -2.03. The van der Waals surface area contributed by atoms with Crippen LogP contribution < -0.4 is 4.74 Å². The van der Waals surface area contributed by atoms with Crippen LogP contribution in [0.2, 0.25) is 0 Å². The maximum atomic E-state index is 10.8. The van der Waals surface area contributed by atoms with Gasteiger partial charge in [0.2, 0.25) is 11.7 Å². The van der Waals surface area contributed by atoms with Crippen LogP contribution in [0, 0.1) is 10.1 Å². The van der Waals surface area contributed by atoms with Crippen molar-refractivity contribution in [3.05, 3.63) is 46.1 Å². The summed E-state index contributed by atoms with van der Waals surface area (Å²) in [6.45, 7) is 0.0566. The summed E-state index contributed by atoms with van der Waals surface area (Å²) in [7, 11) is 0. The van der Waals surface area contributed by atoms with Gasteiger partial charge in [-0.05, 0) is 18.9 Å². The Bertz CT molecular complexity index is 607. The predicted molar refractivity (Wildman–Crippen MR) is 63.7 cm³/mol. The van der Waals surface area contributed by atoms with E-state index in [0.717, 1.165) is 12.8 Å². The van der Waals surface area contributed by atoms with Gasteiger partial charge in [0.15, 0.2) is 12.4 Å². The Labute approximate surface area is 108 Å². The standard InChI is InChI=1S/C12H11N3O4/c16-15(17)9-3-1-2-4-10(9)18-7-11-13-12(19-14-11)8-5-6-8/h1-4,8H,5-7H2. The number of rotatable bonds is 5. The van der Waals surface area contributed by atoms with E-state index in [9.17, 15) is 10.1 Å². The van der Waals surface area contributed by atoms with E-state index in [2.05, 4.69) is 10.1 Å². The van der Waals surface area contributed by atoms with E-state index < -0.39 is 4.92 Å². The zero-order valence-electron chi connectivity index (χ0n) is 9.98. The van der Waals surface area contributed by atoms with Crippen LogP contribution in [-0.2, 0) is 6.61 Å². The SMILES string of the molecule is O=[N+]([O-])c1ccccc1OCc1noc(C2CC2)n1. The molecule has 1 aliphatic carbocycles. The van der Waals surface area contributed by atoms with E-state index in [1.807, 2.05) is 0 Å². The average Bonchev–Trinajstić information content (AvgIpc) is 3.16. The van der Waals surface area contributed by atoms with Gasteiger partial charge in [0.25, 0.3) is 0 Å². The molecule has 19 heavy (non-hydrogen) atoms. The number of hydrogen-bond acceptors (Lipinski definition) is 6. The van der Waals surface area contributed by atoms with Crippen LogP contribution >= 0.6 is 0 Å². The van der Waals surface area contributed by atoms with Gasteiger partial charge in [-0.3, -0.25) is 10.1 Å². The van der Waals surface area contributed by atoms with Crippen LogP contribution in [0.3, 0.4) is 0 Å². The van der Waals surface area contributed by atoms with Crippen molar-refractivity contribution in [3.63, 3.8) is 0 Å². The first-order valence-electron chi connectivity index (χ1n) is 5.93. The van der Waals surface area contributed by atoms with Gasteiger partial charge >= 0.3 is 5.69 Å². The predicted octanol–water partition coefficient (Wildman–Crippen LogP) is 2.43. The highest BCUT2D eigenvalue weighted by molar-refractivity contribution is 5.45. The van der Waals surface area contributed by atoms with Crippen molar-refractivity contribution in [2.45, 2.75) is 25.4 Å². The van der Waals surface area contributed by atoms with E-state index in [1.165, 1.54) is 6.07 Å². The molecule has 0 radical (unpaired) electrons. The molecule has 1 saturated carbocycles. The van der Waals surface area contributed by atoms with Crippen LogP contribution in [0.25, 0.3) is 0 Å². The number of nitro groups is 1. The molecule has 0 unspecified atom stereocenters. The molecule has 1 fully saturated rings. The topological polar surface area (TPSA) is 91.3 Å². The van der Waals surface area contributed by atoms with Crippen molar-refractivity contribution in [2.24, 2.45) is 0 Å². The first-order chi connectivity index (χ1) is 9.24. The molecule has 98 valence electrons. The van der Waals surface area contributed by atoms with E-state index in [1.54, 1.807) is 18.2 Å². The number of para-hydroxylation sites is 2. The Kier molecular flexibility index (Phi) is 2.86. The molecule has 0 N–H and O–H groups in total. The van der Waals surface area contributed by atoms with Crippen molar-refractivity contribution in [1.82, 2.24) is 10.1 Å².